The summed E-state index contributed by atoms with van der Waals surface area (Å²) in [5.74, 6) is 0.834. The second kappa shape index (κ2) is 6.51. The van der Waals surface area contributed by atoms with Gasteiger partial charge in [0.15, 0.2) is 0 Å². The van der Waals surface area contributed by atoms with Gasteiger partial charge in [0.25, 0.3) is 5.91 Å². The number of anilines is 2. The molecule has 0 unspecified atom stereocenters. The smallest absolute Gasteiger partial charge is 0.256 e. The van der Waals surface area contributed by atoms with Crippen LogP contribution < -0.4 is 9.62 Å². The fraction of sp³-hybridized carbons (Fsp3) is 0.412. The first-order valence-electron chi connectivity index (χ1n) is 8.19. The van der Waals surface area contributed by atoms with E-state index in [1.165, 1.54) is 10.6 Å². The predicted molar refractivity (Wildman–Crippen MR) is 97.4 cm³/mol. The summed E-state index contributed by atoms with van der Waals surface area (Å²) in [5.41, 5.74) is 2.03. The van der Waals surface area contributed by atoms with Crippen LogP contribution in [0.4, 0.5) is 11.5 Å². The molecule has 1 aliphatic heterocycles. The normalized spacial score (nSPS) is 14.0. The first-order chi connectivity index (χ1) is 11.8. The third kappa shape index (κ3) is 3.68. The molecule has 25 heavy (non-hydrogen) atoms. The molecular formula is C17H22N4O3S. The lowest BCUT2D eigenvalue weighted by atomic mass is 10.1. The van der Waals surface area contributed by atoms with Gasteiger partial charge in [-0.05, 0) is 36.1 Å². The van der Waals surface area contributed by atoms with Crippen LogP contribution in [0.2, 0.25) is 0 Å². The van der Waals surface area contributed by atoms with Crippen molar-refractivity contribution in [1.29, 1.82) is 0 Å². The van der Waals surface area contributed by atoms with Gasteiger partial charge < -0.3 is 5.32 Å². The summed E-state index contributed by atoms with van der Waals surface area (Å²) in [6.07, 6.45) is 3.46. The molecule has 1 aromatic carbocycles. The molecule has 3 rings (SSSR count). The van der Waals surface area contributed by atoms with Gasteiger partial charge in [-0.1, -0.05) is 13.8 Å². The lowest BCUT2D eigenvalue weighted by molar-refractivity contribution is 0.102. The van der Waals surface area contributed by atoms with Crippen molar-refractivity contribution in [2.45, 2.75) is 26.8 Å². The number of nitrogens with zero attached hydrogens (tertiary/aromatic N) is 3. The molecule has 7 nitrogen and oxygen atoms in total. The second-order valence-corrected chi connectivity index (χ2v) is 8.58. The van der Waals surface area contributed by atoms with Crippen LogP contribution in [0.1, 0.15) is 29.8 Å². The van der Waals surface area contributed by atoms with Crippen LogP contribution in [0, 0.1) is 5.92 Å². The van der Waals surface area contributed by atoms with Crippen LogP contribution in [-0.4, -0.2) is 36.9 Å². The monoisotopic (exact) mass is 362 g/mol. The van der Waals surface area contributed by atoms with Crippen LogP contribution in [0.15, 0.2) is 30.5 Å². The van der Waals surface area contributed by atoms with Crippen molar-refractivity contribution in [2.75, 3.05) is 22.4 Å². The van der Waals surface area contributed by atoms with Gasteiger partial charge in [0.2, 0.25) is 10.0 Å². The maximum Gasteiger partial charge on any atom is 0.256 e. The van der Waals surface area contributed by atoms with E-state index in [-0.39, 0.29) is 5.91 Å². The zero-order chi connectivity index (χ0) is 18.2. The van der Waals surface area contributed by atoms with E-state index in [4.69, 9.17) is 0 Å². The van der Waals surface area contributed by atoms with Gasteiger partial charge in [0, 0.05) is 24.7 Å². The topological polar surface area (TPSA) is 84.3 Å². The van der Waals surface area contributed by atoms with Crippen molar-refractivity contribution in [3.8, 4) is 0 Å². The van der Waals surface area contributed by atoms with Crippen molar-refractivity contribution in [3.63, 3.8) is 0 Å². The zero-order valence-corrected chi connectivity index (χ0v) is 15.4. The lowest BCUT2D eigenvalue weighted by Crippen LogP contribution is -2.27. The zero-order valence-electron chi connectivity index (χ0n) is 14.6. The van der Waals surface area contributed by atoms with Crippen LogP contribution in [0.5, 0.6) is 0 Å². The second-order valence-electron chi connectivity index (χ2n) is 6.68. The Morgan fingerprint density at radius 2 is 2.08 bits per heavy atom. The molecule has 0 radical (unpaired) electrons. The average molecular weight is 362 g/mol. The summed E-state index contributed by atoms with van der Waals surface area (Å²) in [4.78, 5) is 12.5. The first kappa shape index (κ1) is 17.5. The molecule has 134 valence electrons. The maximum atomic E-state index is 12.5. The van der Waals surface area contributed by atoms with Crippen molar-refractivity contribution in [1.82, 2.24) is 9.78 Å². The fourth-order valence-corrected chi connectivity index (χ4v) is 3.93. The number of fused-ring (bicyclic) bond motifs is 1. The molecule has 2 aromatic rings. The van der Waals surface area contributed by atoms with Crippen LogP contribution in [-0.2, 0) is 23.0 Å². The number of aromatic nitrogens is 2. The minimum absolute atomic E-state index is 0.230. The quantitative estimate of drug-likeness (QED) is 0.883. The average Bonchev–Trinajstić information content (AvgIpc) is 3.12. The number of hydrogen-bond donors (Lipinski definition) is 1. The SMILES string of the molecule is CC(C)Cn1nccc1NC(=O)c1ccc2c(c1)CCN2S(C)(=O)=O. The maximum absolute atomic E-state index is 12.5. The largest absolute Gasteiger partial charge is 0.307 e. The Balaban J connectivity index is 1.80. The molecule has 8 heteroatoms. The van der Waals surface area contributed by atoms with Gasteiger partial charge in [0.05, 0.1) is 18.1 Å². The van der Waals surface area contributed by atoms with Crippen molar-refractivity contribution < 1.29 is 13.2 Å². The summed E-state index contributed by atoms with van der Waals surface area (Å²) < 4.78 is 26.7. The van der Waals surface area contributed by atoms with E-state index >= 15 is 0 Å². The number of rotatable bonds is 5. The molecule has 2 heterocycles. The summed E-state index contributed by atoms with van der Waals surface area (Å²) in [6, 6.07) is 6.88. The minimum Gasteiger partial charge on any atom is -0.307 e. The van der Waals surface area contributed by atoms with Gasteiger partial charge in [0.1, 0.15) is 5.82 Å². The number of nitrogens with one attached hydrogen (secondary N) is 1. The lowest BCUT2D eigenvalue weighted by Gasteiger charge is -2.16. The molecule has 1 aliphatic rings. The Labute approximate surface area is 147 Å². The highest BCUT2D eigenvalue weighted by molar-refractivity contribution is 7.92. The highest BCUT2D eigenvalue weighted by Crippen LogP contribution is 2.30. The molecule has 0 spiro atoms. The highest BCUT2D eigenvalue weighted by Gasteiger charge is 2.26. The number of amides is 1. The standard InChI is InChI=1S/C17H22N4O3S/c1-12(2)11-20-16(6-8-18-20)19-17(22)14-4-5-15-13(10-14)7-9-21(15)25(3,23)24/h4-6,8,10,12H,7,9,11H2,1-3H3,(H,19,22). The summed E-state index contributed by atoms with van der Waals surface area (Å²) >= 11 is 0. The van der Waals surface area contributed by atoms with Gasteiger partial charge >= 0.3 is 0 Å². The van der Waals surface area contributed by atoms with Crippen LogP contribution in [0.3, 0.4) is 0 Å². The third-order valence-electron chi connectivity index (χ3n) is 4.09. The van der Waals surface area contributed by atoms with E-state index in [0.717, 1.165) is 12.1 Å². The van der Waals surface area contributed by atoms with E-state index in [1.807, 2.05) is 0 Å². The first-order valence-corrected chi connectivity index (χ1v) is 10.0. The molecule has 0 bridgehead atoms. The van der Waals surface area contributed by atoms with Gasteiger partial charge in [-0.3, -0.25) is 9.10 Å². The number of hydrogen-bond acceptors (Lipinski definition) is 4. The minimum atomic E-state index is -3.29. The van der Waals surface area contributed by atoms with Crippen LogP contribution in [0.25, 0.3) is 0 Å². The van der Waals surface area contributed by atoms with Crippen LogP contribution >= 0.6 is 0 Å². The number of carbonyl (C=O) groups is 1. The molecule has 0 saturated heterocycles. The van der Waals surface area contributed by atoms with Crippen molar-refractivity contribution in [3.05, 3.63) is 41.6 Å². The Morgan fingerprint density at radius 3 is 2.76 bits per heavy atom. The summed E-state index contributed by atoms with van der Waals surface area (Å²) in [5, 5.41) is 7.10. The molecule has 0 fully saturated rings. The fourth-order valence-electron chi connectivity index (χ4n) is 2.98. The third-order valence-corrected chi connectivity index (χ3v) is 5.27. The van der Waals surface area contributed by atoms with E-state index in [9.17, 15) is 13.2 Å². The molecular weight excluding hydrogens is 340 g/mol. The molecule has 0 atom stereocenters. The van der Waals surface area contributed by atoms with Crippen molar-refractivity contribution in [2.24, 2.45) is 5.92 Å². The summed E-state index contributed by atoms with van der Waals surface area (Å²) in [7, 11) is -3.29. The molecule has 1 aromatic heterocycles. The Kier molecular flexibility index (Phi) is 4.55. The Bertz CT molecular complexity index is 902. The molecule has 0 saturated carbocycles. The molecule has 1 amide bonds. The van der Waals surface area contributed by atoms with Gasteiger partial charge in [-0.2, -0.15) is 5.10 Å². The number of sulfonamides is 1. The van der Waals surface area contributed by atoms with E-state index in [2.05, 4.69) is 24.3 Å². The highest BCUT2D eigenvalue weighted by atomic mass is 32.2. The van der Waals surface area contributed by atoms with Gasteiger partial charge in [-0.25, -0.2) is 13.1 Å². The number of carbonyl (C=O) groups excluding carboxylic acids is 1. The van der Waals surface area contributed by atoms with E-state index in [1.54, 1.807) is 35.1 Å². The van der Waals surface area contributed by atoms with E-state index < -0.39 is 10.0 Å². The predicted octanol–water partition coefficient (Wildman–Crippen LogP) is 2.11. The molecule has 0 aliphatic carbocycles. The number of benzene rings is 1. The Morgan fingerprint density at radius 1 is 1.32 bits per heavy atom. The molecule has 1 N–H and O–H groups in total. The summed E-state index contributed by atoms with van der Waals surface area (Å²) in [6.45, 7) is 5.30. The van der Waals surface area contributed by atoms with Gasteiger partial charge in [-0.15, -0.1) is 0 Å². The van der Waals surface area contributed by atoms with E-state index in [0.29, 0.717) is 36.0 Å². The Hall–Kier alpha value is -2.35. The van der Waals surface area contributed by atoms with Crippen molar-refractivity contribution >= 4 is 27.4 Å².